The molecule has 1 saturated heterocycles. The number of esters is 1. The van der Waals surface area contributed by atoms with Crippen LogP contribution in [0.15, 0.2) is 0 Å². The number of rotatable bonds is 6. The van der Waals surface area contributed by atoms with Gasteiger partial charge in [0.15, 0.2) is 0 Å². The zero-order valence-electron chi connectivity index (χ0n) is 9.72. The summed E-state index contributed by atoms with van der Waals surface area (Å²) < 4.78 is 5.13. The molecule has 0 aromatic carbocycles. The summed E-state index contributed by atoms with van der Waals surface area (Å²) in [5.41, 5.74) is 5.65. The highest BCUT2D eigenvalue weighted by atomic mass is 32.2. The van der Waals surface area contributed by atoms with Crippen LogP contribution in [0.25, 0.3) is 0 Å². The molecule has 6 nitrogen and oxygen atoms in total. The first-order valence-corrected chi connectivity index (χ1v) is 6.87. The Bertz CT molecular complexity index is 287. The Kier molecular flexibility index (Phi) is 5.73. The fourth-order valence-corrected chi connectivity index (χ4v) is 2.14. The van der Waals surface area contributed by atoms with E-state index in [1.165, 1.54) is 0 Å². The number of carbonyl (C=O) groups excluding carboxylic acids is 1. The lowest BCUT2D eigenvalue weighted by Crippen LogP contribution is -2.43. The van der Waals surface area contributed by atoms with Gasteiger partial charge in [0, 0.05) is 0 Å². The van der Waals surface area contributed by atoms with Gasteiger partial charge >= 0.3 is 11.9 Å². The van der Waals surface area contributed by atoms with E-state index in [9.17, 15) is 9.59 Å². The molecule has 0 radical (unpaired) electrons. The molecule has 1 heterocycles. The molecule has 1 aliphatic heterocycles. The predicted octanol–water partition coefficient (Wildman–Crippen LogP) is -0.575. The molecule has 3 atom stereocenters. The molecule has 98 valence electrons. The van der Waals surface area contributed by atoms with Gasteiger partial charge < -0.3 is 20.9 Å². The number of hydrogen-bond donors (Lipinski definition) is 3. The fraction of sp³-hybridized carbons (Fsp3) is 0.800. The highest BCUT2D eigenvalue weighted by molar-refractivity contribution is 7.98. The maximum Gasteiger partial charge on any atom is 0.324 e. The third kappa shape index (κ3) is 4.18. The second-order valence-corrected chi connectivity index (χ2v) is 4.91. The minimum atomic E-state index is -1.00. The maximum absolute atomic E-state index is 11.6. The first-order chi connectivity index (χ1) is 8.06. The smallest absolute Gasteiger partial charge is 0.324 e. The van der Waals surface area contributed by atoms with Gasteiger partial charge in [-0.05, 0) is 31.4 Å². The molecule has 1 aliphatic rings. The minimum Gasteiger partial charge on any atom is -0.480 e. The van der Waals surface area contributed by atoms with Gasteiger partial charge in [0.05, 0.1) is 0 Å². The topological polar surface area (TPSA) is 102 Å². The van der Waals surface area contributed by atoms with Gasteiger partial charge in [-0.2, -0.15) is 11.8 Å². The maximum atomic E-state index is 11.6. The van der Waals surface area contributed by atoms with Crippen LogP contribution in [0.1, 0.15) is 12.8 Å². The van der Waals surface area contributed by atoms with Gasteiger partial charge in [-0.15, -0.1) is 0 Å². The van der Waals surface area contributed by atoms with Crippen LogP contribution in [0, 0.1) is 0 Å². The van der Waals surface area contributed by atoms with Crippen LogP contribution in [0.2, 0.25) is 0 Å². The number of carboxylic acids is 1. The van der Waals surface area contributed by atoms with Gasteiger partial charge in [-0.3, -0.25) is 9.59 Å². The van der Waals surface area contributed by atoms with E-state index in [-0.39, 0.29) is 0 Å². The number of thioether (sulfide) groups is 1. The third-order valence-corrected chi connectivity index (χ3v) is 3.28. The zero-order chi connectivity index (χ0) is 12.8. The monoisotopic (exact) mass is 262 g/mol. The van der Waals surface area contributed by atoms with Gasteiger partial charge in [-0.1, -0.05) is 0 Å². The molecule has 1 fully saturated rings. The van der Waals surface area contributed by atoms with Gasteiger partial charge in [0.2, 0.25) is 0 Å². The van der Waals surface area contributed by atoms with Crippen molar-refractivity contribution in [3.05, 3.63) is 0 Å². The van der Waals surface area contributed by atoms with E-state index in [1.54, 1.807) is 11.8 Å². The highest BCUT2D eigenvalue weighted by Crippen LogP contribution is 2.13. The van der Waals surface area contributed by atoms with E-state index in [4.69, 9.17) is 15.6 Å². The molecular formula is C10H18N2O4S. The van der Waals surface area contributed by atoms with Gasteiger partial charge in [-0.25, -0.2) is 0 Å². The van der Waals surface area contributed by atoms with Crippen molar-refractivity contribution in [2.24, 2.45) is 5.73 Å². The van der Waals surface area contributed by atoms with E-state index in [2.05, 4.69) is 5.32 Å². The Labute approximate surface area is 104 Å². The second-order valence-electron chi connectivity index (χ2n) is 3.92. The lowest BCUT2D eigenvalue weighted by molar-refractivity contribution is -0.155. The summed E-state index contributed by atoms with van der Waals surface area (Å²) in [6, 6.07) is -1.48. The Morgan fingerprint density at radius 1 is 1.65 bits per heavy atom. The number of carboxylic acid groups (broad SMARTS) is 1. The van der Waals surface area contributed by atoms with E-state index < -0.39 is 30.1 Å². The standard InChI is InChI=1S/C10H18N2O4S/c1-17-5-3-6(11)10(15)16-7-2-4-12-8(7)9(13)14/h6-8,12H,2-5,11H2,1H3,(H,13,14)/t6-,7?,8-/m0/s1. The van der Waals surface area contributed by atoms with Gasteiger partial charge in [0.1, 0.15) is 18.2 Å². The lowest BCUT2D eigenvalue weighted by atomic mass is 10.1. The first kappa shape index (κ1) is 14.3. The quantitative estimate of drug-likeness (QED) is 0.551. The Morgan fingerprint density at radius 2 is 2.35 bits per heavy atom. The fourth-order valence-electron chi connectivity index (χ4n) is 1.65. The number of aliphatic carboxylic acids is 1. The molecule has 0 bridgehead atoms. The molecule has 17 heavy (non-hydrogen) atoms. The molecule has 1 unspecified atom stereocenters. The molecule has 0 saturated carbocycles. The van der Waals surface area contributed by atoms with E-state index >= 15 is 0 Å². The van der Waals surface area contributed by atoms with Gasteiger partial charge in [0.25, 0.3) is 0 Å². The molecule has 0 aliphatic carbocycles. The third-order valence-electron chi connectivity index (χ3n) is 2.63. The number of ether oxygens (including phenoxy) is 1. The summed E-state index contributed by atoms with van der Waals surface area (Å²) in [6.45, 7) is 0.537. The number of nitrogens with two attached hydrogens (primary N) is 1. The Hall–Kier alpha value is -0.790. The Balaban J connectivity index is 2.42. The summed E-state index contributed by atoms with van der Waals surface area (Å²) in [5.74, 6) is -0.737. The van der Waals surface area contributed by atoms with Crippen LogP contribution in [-0.2, 0) is 14.3 Å². The molecule has 1 rings (SSSR count). The van der Waals surface area contributed by atoms with Crippen LogP contribution in [-0.4, -0.2) is 53.8 Å². The van der Waals surface area contributed by atoms with Crippen molar-refractivity contribution in [1.82, 2.24) is 5.32 Å². The van der Waals surface area contributed by atoms with Crippen molar-refractivity contribution in [3.63, 3.8) is 0 Å². The SMILES string of the molecule is CSCC[C@H](N)C(=O)OC1CCN[C@@H]1C(=O)O. The van der Waals surface area contributed by atoms with Crippen LogP contribution < -0.4 is 11.1 Å². The molecule has 0 spiro atoms. The lowest BCUT2D eigenvalue weighted by Gasteiger charge is -2.18. The zero-order valence-corrected chi connectivity index (χ0v) is 10.5. The van der Waals surface area contributed by atoms with Crippen molar-refractivity contribution in [2.75, 3.05) is 18.6 Å². The molecule has 0 aromatic rings. The molecular weight excluding hydrogens is 244 g/mol. The number of nitrogens with one attached hydrogen (secondary N) is 1. The van der Waals surface area contributed by atoms with Crippen molar-refractivity contribution in [1.29, 1.82) is 0 Å². The van der Waals surface area contributed by atoms with Crippen LogP contribution in [0.5, 0.6) is 0 Å². The van der Waals surface area contributed by atoms with Crippen LogP contribution in [0.3, 0.4) is 0 Å². The largest absolute Gasteiger partial charge is 0.480 e. The summed E-state index contributed by atoms with van der Waals surface area (Å²) in [5, 5.41) is 11.7. The van der Waals surface area contributed by atoms with E-state index in [0.717, 1.165) is 5.75 Å². The first-order valence-electron chi connectivity index (χ1n) is 5.47. The molecule has 0 aromatic heterocycles. The van der Waals surface area contributed by atoms with E-state index in [0.29, 0.717) is 19.4 Å². The second kappa shape index (κ2) is 6.83. The van der Waals surface area contributed by atoms with Crippen molar-refractivity contribution in [2.45, 2.75) is 31.0 Å². The van der Waals surface area contributed by atoms with E-state index in [1.807, 2.05) is 6.26 Å². The number of carbonyl (C=O) groups is 2. The highest BCUT2D eigenvalue weighted by Gasteiger charge is 2.36. The summed E-state index contributed by atoms with van der Waals surface area (Å²) in [4.78, 5) is 22.4. The Morgan fingerprint density at radius 3 is 2.94 bits per heavy atom. The van der Waals surface area contributed by atoms with Crippen LogP contribution >= 0.6 is 11.8 Å². The average Bonchev–Trinajstić information content (AvgIpc) is 2.73. The van der Waals surface area contributed by atoms with Crippen molar-refractivity contribution >= 4 is 23.7 Å². The van der Waals surface area contributed by atoms with Crippen molar-refractivity contribution < 1.29 is 19.4 Å². The minimum absolute atomic E-state index is 0.512. The average molecular weight is 262 g/mol. The molecule has 0 amide bonds. The summed E-state index contributed by atoms with van der Waals surface area (Å²) in [6.07, 6.45) is 2.37. The number of hydrogen-bond acceptors (Lipinski definition) is 6. The van der Waals surface area contributed by atoms with Crippen molar-refractivity contribution in [3.8, 4) is 0 Å². The normalized spacial score (nSPS) is 25.5. The summed E-state index contributed by atoms with van der Waals surface area (Å²) in [7, 11) is 0. The predicted molar refractivity (Wildman–Crippen MR) is 64.9 cm³/mol. The molecule has 4 N–H and O–H groups in total. The molecule has 7 heteroatoms. The van der Waals surface area contributed by atoms with Crippen LogP contribution in [0.4, 0.5) is 0 Å². The summed E-state index contributed by atoms with van der Waals surface area (Å²) >= 11 is 1.60.